The minimum absolute atomic E-state index is 0.417. The van der Waals surface area contributed by atoms with E-state index in [1.165, 1.54) is 0 Å². The van der Waals surface area contributed by atoms with E-state index in [9.17, 15) is 5.11 Å². The highest BCUT2D eigenvalue weighted by molar-refractivity contribution is 5.05. The minimum Gasteiger partial charge on any atom is -0.444 e. The van der Waals surface area contributed by atoms with Crippen molar-refractivity contribution in [1.29, 1.82) is 0 Å². The van der Waals surface area contributed by atoms with Crippen LogP contribution in [0, 0.1) is 0 Å². The smallest absolute Gasteiger partial charge is 0.229 e. The molecule has 1 saturated heterocycles. The van der Waals surface area contributed by atoms with Crippen LogP contribution in [0.1, 0.15) is 61.9 Å². The second kappa shape index (κ2) is 6.29. The molecule has 7 heteroatoms. The zero-order valence-electron chi connectivity index (χ0n) is 14.1. The predicted molar refractivity (Wildman–Crippen MR) is 85.3 cm³/mol. The molecule has 1 aliphatic carbocycles. The summed E-state index contributed by atoms with van der Waals surface area (Å²) in [5, 5.41) is 15.0. The molecule has 2 aromatic rings. The van der Waals surface area contributed by atoms with Crippen LogP contribution in [0.4, 0.5) is 0 Å². The van der Waals surface area contributed by atoms with Gasteiger partial charge in [-0.1, -0.05) is 12.1 Å². The molecule has 1 aliphatic heterocycles. The van der Waals surface area contributed by atoms with E-state index in [0.29, 0.717) is 31.3 Å². The van der Waals surface area contributed by atoms with E-state index >= 15 is 0 Å². The number of piperidine rings is 1. The van der Waals surface area contributed by atoms with Crippen LogP contribution in [0.2, 0.25) is 0 Å². The van der Waals surface area contributed by atoms with Crippen LogP contribution >= 0.6 is 0 Å². The lowest BCUT2D eigenvalue weighted by atomic mass is 9.89. The summed E-state index contributed by atoms with van der Waals surface area (Å²) in [7, 11) is 0. The van der Waals surface area contributed by atoms with Gasteiger partial charge in [0.1, 0.15) is 5.76 Å². The van der Waals surface area contributed by atoms with Gasteiger partial charge in [0.25, 0.3) is 0 Å². The highest BCUT2D eigenvalue weighted by atomic mass is 16.5. The largest absolute Gasteiger partial charge is 0.444 e. The molecule has 4 rings (SSSR count). The lowest BCUT2D eigenvalue weighted by Crippen LogP contribution is -2.49. The van der Waals surface area contributed by atoms with Gasteiger partial charge in [-0.25, -0.2) is 4.98 Å². The third kappa shape index (κ3) is 3.52. The molecule has 7 nitrogen and oxygen atoms in total. The van der Waals surface area contributed by atoms with Crippen LogP contribution < -0.4 is 0 Å². The van der Waals surface area contributed by atoms with Crippen molar-refractivity contribution in [3.8, 4) is 0 Å². The summed E-state index contributed by atoms with van der Waals surface area (Å²) in [4.78, 5) is 10.9. The third-order valence-corrected chi connectivity index (χ3v) is 4.82. The Bertz CT molecular complexity index is 694. The monoisotopic (exact) mass is 332 g/mol. The molecule has 3 heterocycles. The topological polar surface area (TPSA) is 88.4 Å². The van der Waals surface area contributed by atoms with Crippen LogP contribution in [-0.4, -0.2) is 43.8 Å². The van der Waals surface area contributed by atoms with Gasteiger partial charge in [-0.2, -0.15) is 4.98 Å². The van der Waals surface area contributed by atoms with Crippen molar-refractivity contribution in [2.75, 3.05) is 13.1 Å². The number of hydrogen-bond donors (Lipinski definition) is 1. The molecule has 1 saturated carbocycles. The maximum absolute atomic E-state index is 11.0. The zero-order valence-corrected chi connectivity index (χ0v) is 14.1. The van der Waals surface area contributed by atoms with E-state index in [-0.39, 0.29) is 0 Å². The van der Waals surface area contributed by atoms with E-state index in [4.69, 9.17) is 8.94 Å². The fourth-order valence-electron chi connectivity index (χ4n) is 3.42. The van der Waals surface area contributed by atoms with Crippen LogP contribution in [0.15, 0.2) is 15.1 Å². The van der Waals surface area contributed by atoms with Gasteiger partial charge in [0.15, 0.2) is 11.7 Å². The molecular weight excluding hydrogens is 308 g/mol. The van der Waals surface area contributed by atoms with Gasteiger partial charge < -0.3 is 14.0 Å². The average Bonchev–Trinajstić information content (AvgIpc) is 3.14. The molecule has 0 spiro atoms. The SMILES string of the molecule is CCc1ncc(CN2CCCC(O)(Cc3nc(C4CC4)no3)C2)o1. The summed E-state index contributed by atoms with van der Waals surface area (Å²) in [6.45, 7) is 4.22. The van der Waals surface area contributed by atoms with Crippen LogP contribution in [0.25, 0.3) is 0 Å². The van der Waals surface area contributed by atoms with Crippen molar-refractivity contribution < 1.29 is 14.0 Å². The number of aryl methyl sites for hydroxylation is 1. The Morgan fingerprint density at radius 3 is 3.00 bits per heavy atom. The van der Waals surface area contributed by atoms with E-state index in [1.807, 2.05) is 6.92 Å². The Morgan fingerprint density at radius 2 is 2.25 bits per heavy atom. The summed E-state index contributed by atoms with van der Waals surface area (Å²) in [6.07, 6.45) is 6.98. The lowest BCUT2D eigenvalue weighted by molar-refractivity contribution is -0.0388. The molecule has 0 aromatic carbocycles. The molecule has 0 amide bonds. The van der Waals surface area contributed by atoms with Gasteiger partial charge in [0, 0.05) is 18.9 Å². The van der Waals surface area contributed by atoms with Crippen molar-refractivity contribution in [3.05, 3.63) is 29.6 Å². The summed E-state index contributed by atoms with van der Waals surface area (Å²) in [5.74, 6) is 3.43. The number of β-amino-alcohol motifs (C(OH)–C–C–N with tert-alkyl or cyclic N) is 1. The maximum Gasteiger partial charge on any atom is 0.229 e. The molecule has 0 bridgehead atoms. The zero-order chi connectivity index (χ0) is 16.6. The molecular formula is C17H24N4O3. The normalized spacial score (nSPS) is 25.2. The van der Waals surface area contributed by atoms with Gasteiger partial charge in [-0.05, 0) is 32.2 Å². The molecule has 0 radical (unpaired) electrons. The van der Waals surface area contributed by atoms with Crippen LogP contribution in [0.3, 0.4) is 0 Å². The van der Waals surface area contributed by atoms with E-state index < -0.39 is 5.60 Å². The Hall–Kier alpha value is -1.73. The number of aromatic nitrogens is 3. The van der Waals surface area contributed by atoms with Crippen LogP contribution in [0.5, 0.6) is 0 Å². The van der Waals surface area contributed by atoms with Crippen molar-refractivity contribution in [3.63, 3.8) is 0 Å². The number of aliphatic hydroxyl groups is 1. The Kier molecular flexibility index (Phi) is 4.14. The Morgan fingerprint density at radius 1 is 1.38 bits per heavy atom. The van der Waals surface area contributed by atoms with Crippen LogP contribution in [-0.2, 0) is 19.4 Å². The van der Waals surface area contributed by atoms with Crippen molar-refractivity contribution >= 4 is 0 Å². The standard InChI is InChI=1S/C17H24N4O3/c1-2-14-18-9-13(23-14)10-21-7-3-6-17(22,11-21)8-15-19-16(20-24-15)12-4-5-12/h9,12,22H,2-8,10-11H2,1H3. The Labute approximate surface area is 141 Å². The van der Waals surface area contributed by atoms with Crippen molar-refractivity contribution in [1.82, 2.24) is 20.0 Å². The molecule has 1 N–H and O–H groups in total. The average molecular weight is 332 g/mol. The number of oxazole rings is 1. The molecule has 1 unspecified atom stereocenters. The third-order valence-electron chi connectivity index (χ3n) is 4.82. The van der Waals surface area contributed by atoms with Gasteiger partial charge in [0.2, 0.25) is 5.89 Å². The quantitative estimate of drug-likeness (QED) is 0.866. The fraction of sp³-hybridized carbons (Fsp3) is 0.706. The summed E-state index contributed by atoms with van der Waals surface area (Å²) in [6, 6.07) is 0. The molecule has 130 valence electrons. The van der Waals surface area contributed by atoms with E-state index in [0.717, 1.165) is 56.1 Å². The first-order chi connectivity index (χ1) is 11.6. The first-order valence-corrected chi connectivity index (χ1v) is 8.84. The van der Waals surface area contributed by atoms with Crippen molar-refractivity contribution in [2.45, 2.75) is 63.5 Å². The molecule has 2 fully saturated rings. The molecule has 2 aliphatic rings. The van der Waals surface area contributed by atoms with Gasteiger partial charge in [-0.15, -0.1) is 0 Å². The first-order valence-electron chi connectivity index (χ1n) is 8.84. The van der Waals surface area contributed by atoms with Gasteiger partial charge in [0.05, 0.1) is 24.8 Å². The number of nitrogens with zero attached hydrogens (tertiary/aromatic N) is 4. The predicted octanol–water partition coefficient (Wildman–Crippen LogP) is 2.07. The highest BCUT2D eigenvalue weighted by Gasteiger charge is 2.36. The number of hydrogen-bond acceptors (Lipinski definition) is 7. The van der Waals surface area contributed by atoms with Gasteiger partial charge in [-0.3, -0.25) is 4.90 Å². The van der Waals surface area contributed by atoms with Gasteiger partial charge >= 0.3 is 0 Å². The summed E-state index contributed by atoms with van der Waals surface area (Å²) in [5.41, 5.74) is -0.820. The molecule has 2 aromatic heterocycles. The lowest BCUT2D eigenvalue weighted by Gasteiger charge is -2.38. The number of rotatable bonds is 6. The van der Waals surface area contributed by atoms with Crippen molar-refractivity contribution in [2.24, 2.45) is 0 Å². The maximum atomic E-state index is 11.0. The number of likely N-dealkylation sites (tertiary alicyclic amines) is 1. The summed E-state index contributed by atoms with van der Waals surface area (Å²) < 4.78 is 11.0. The summed E-state index contributed by atoms with van der Waals surface area (Å²) >= 11 is 0. The van der Waals surface area contributed by atoms with E-state index in [1.54, 1.807) is 6.20 Å². The second-order valence-corrected chi connectivity index (χ2v) is 7.11. The van der Waals surface area contributed by atoms with E-state index in [2.05, 4.69) is 20.0 Å². The molecule has 1 atom stereocenters. The highest BCUT2D eigenvalue weighted by Crippen LogP contribution is 2.38. The second-order valence-electron chi connectivity index (χ2n) is 7.11. The fourth-order valence-corrected chi connectivity index (χ4v) is 3.42. The first kappa shape index (κ1) is 15.8. The molecule has 24 heavy (non-hydrogen) atoms. The Balaban J connectivity index is 1.38. The minimum atomic E-state index is -0.820.